The Labute approximate surface area is 178 Å². The highest BCUT2D eigenvalue weighted by Gasteiger charge is 2.32. The van der Waals surface area contributed by atoms with Crippen molar-refractivity contribution in [2.75, 3.05) is 44.2 Å². The van der Waals surface area contributed by atoms with E-state index in [0.29, 0.717) is 17.3 Å². The molecule has 2 aliphatic heterocycles. The van der Waals surface area contributed by atoms with E-state index in [1.807, 2.05) is 18.7 Å². The van der Waals surface area contributed by atoms with Crippen molar-refractivity contribution in [3.8, 4) is 0 Å². The van der Waals surface area contributed by atoms with Gasteiger partial charge in [-0.25, -0.2) is 0 Å². The average Bonchev–Trinajstić information content (AvgIpc) is 3.08. The van der Waals surface area contributed by atoms with Gasteiger partial charge in [0.2, 0.25) is 0 Å². The third-order valence-electron chi connectivity index (χ3n) is 6.64. The predicted molar refractivity (Wildman–Crippen MR) is 119 cm³/mol. The molecule has 4 rings (SSSR count). The smallest absolute Gasteiger partial charge is 0.256 e. The molecule has 160 valence electrons. The quantitative estimate of drug-likeness (QED) is 0.789. The number of piperidine rings is 1. The van der Waals surface area contributed by atoms with E-state index >= 15 is 0 Å². The second kappa shape index (κ2) is 8.64. The Bertz CT molecular complexity index is 913. The van der Waals surface area contributed by atoms with Crippen LogP contribution < -0.4 is 4.90 Å². The lowest BCUT2D eigenvalue weighted by Crippen LogP contribution is -2.56. The number of aryl methyl sites for hydroxylation is 1. The van der Waals surface area contributed by atoms with Crippen LogP contribution in [0.2, 0.25) is 0 Å². The fraction of sp³-hybridized carbons (Fsp3) is 0.500. The molecule has 1 aromatic heterocycles. The summed E-state index contributed by atoms with van der Waals surface area (Å²) in [7, 11) is 0. The number of carbonyl (C=O) groups excluding carboxylic acids is 2. The zero-order chi connectivity index (χ0) is 21.3. The highest BCUT2D eigenvalue weighted by molar-refractivity contribution is 6.02. The summed E-state index contributed by atoms with van der Waals surface area (Å²) in [6, 6.07) is 11.0. The summed E-state index contributed by atoms with van der Waals surface area (Å²) < 4.78 is 0. The highest BCUT2D eigenvalue weighted by Crippen LogP contribution is 2.25. The lowest BCUT2D eigenvalue weighted by Gasteiger charge is -2.44. The lowest BCUT2D eigenvalue weighted by atomic mass is 10.0. The molecule has 6 nitrogen and oxygen atoms in total. The number of carbonyl (C=O) groups is 2. The van der Waals surface area contributed by atoms with Gasteiger partial charge >= 0.3 is 0 Å². The molecule has 30 heavy (non-hydrogen) atoms. The zero-order valence-electron chi connectivity index (χ0n) is 18.3. The topological polar surface area (TPSA) is 59.7 Å². The van der Waals surface area contributed by atoms with Gasteiger partial charge in [0.15, 0.2) is 5.78 Å². The van der Waals surface area contributed by atoms with Gasteiger partial charge in [-0.05, 0) is 44.4 Å². The molecule has 0 aliphatic carbocycles. The maximum atomic E-state index is 13.3. The van der Waals surface area contributed by atoms with Gasteiger partial charge in [0.25, 0.3) is 5.91 Å². The third-order valence-corrected chi connectivity index (χ3v) is 6.64. The Kier molecular flexibility index (Phi) is 5.95. The van der Waals surface area contributed by atoms with E-state index in [9.17, 15) is 9.59 Å². The fourth-order valence-corrected chi connectivity index (χ4v) is 5.00. The summed E-state index contributed by atoms with van der Waals surface area (Å²) in [5.41, 5.74) is 4.10. The minimum Gasteiger partial charge on any atom is -0.369 e. The van der Waals surface area contributed by atoms with Crippen molar-refractivity contribution >= 4 is 17.4 Å². The molecule has 1 aromatic carbocycles. The van der Waals surface area contributed by atoms with E-state index in [1.54, 1.807) is 6.92 Å². The number of anilines is 1. The van der Waals surface area contributed by atoms with Gasteiger partial charge in [0.05, 0.1) is 11.3 Å². The number of likely N-dealkylation sites (tertiary alicyclic amines) is 1. The van der Waals surface area contributed by atoms with Gasteiger partial charge in [-0.3, -0.25) is 14.5 Å². The van der Waals surface area contributed by atoms with Crippen LogP contribution in [0, 0.1) is 13.8 Å². The number of piperazine rings is 1. The third kappa shape index (κ3) is 4.01. The number of benzene rings is 1. The van der Waals surface area contributed by atoms with Gasteiger partial charge in [-0.15, -0.1) is 0 Å². The number of hydrogen-bond donors (Lipinski definition) is 1. The molecule has 6 heteroatoms. The molecule has 0 bridgehead atoms. The van der Waals surface area contributed by atoms with E-state index in [2.05, 4.69) is 45.1 Å². The highest BCUT2D eigenvalue weighted by atomic mass is 16.2. The molecule has 0 radical (unpaired) electrons. The molecule has 2 aliphatic rings. The number of hydrogen-bond acceptors (Lipinski definition) is 4. The molecule has 0 spiro atoms. The molecular weight excluding hydrogens is 376 g/mol. The number of para-hydroxylation sites is 1. The summed E-state index contributed by atoms with van der Waals surface area (Å²) in [6.45, 7) is 10.9. The van der Waals surface area contributed by atoms with Crippen LogP contribution in [0.1, 0.15) is 51.9 Å². The van der Waals surface area contributed by atoms with Crippen molar-refractivity contribution in [2.24, 2.45) is 0 Å². The number of H-pyrrole nitrogens is 1. The predicted octanol–water partition coefficient (Wildman–Crippen LogP) is 3.26. The SMILES string of the molecule is CC(=O)c1[nH]c(C)c(C(=O)N2CCC[C@@H](N3CCN(c4ccccc4)CC3)C2)c1C. The van der Waals surface area contributed by atoms with Crippen LogP contribution in [0.5, 0.6) is 0 Å². The van der Waals surface area contributed by atoms with E-state index < -0.39 is 0 Å². The molecule has 1 amide bonds. The maximum Gasteiger partial charge on any atom is 0.256 e. The number of nitrogens with one attached hydrogen (secondary N) is 1. The number of aromatic nitrogens is 1. The molecule has 1 N–H and O–H groups in total. The largest absolute Gasteiger partial charge is 0.369 e. The minimum absolute atomic E-state index is 0.0255. The van der Waals surface area contributed by atoms with Crippen LogP contribution in [0.3, 0.4) is 0 Å². The maximum absolute atomic E-state index is 13.3. The van der Waals surface area contributed by atoms with Crippen LogP contribution in [-0.2, 0) is 0 Å². The van der Waals surface area contributed by atoms with E-state index in [1.165, 1.54) is 5.69 Å². The van der Waals surface area contributed by atoms with E-state index in [-0.39, 0.29) is 11.7 Å². The Morgan fingerprint density at radius 2 is 1.70 bits per heavy atom. The summed E-state index contributed by atoms with van der Waals surface area (Å²) >= 11 is 0. The molecular formula is C24H32N4O2. The molecule has 2 fully saturated rings. The van der Waals surface area contributed by atoms with Crippen LogP contribution in [0.15, 0.2) is 30.3 Å². The number of Topliss-reactive ketones (excluding diaryl/α,β-unsaturated/α-hetero) is 1. The summed E-state index contributed by atoms with van der Waals surface area (Å²) in [5.74, 6) is 0.0313. The molecule has 2 aromatic rings. The van der Waals surface area contributed by atoms with E-state index in [0.717, 1.165) is 63.4 Å². The number of aromatic amines is 1. The fourth-order valence-electron chi connectivity index (χ4n) is 5.00. The summed E-state index contributed by atoms with van der Waals surface area (Å²) in [4.78, 5) is 35.3. The molecule has 2 saturated heterocycles. The van der Waals surface area contributed by atoms with Gasteiger partial charge in [0.1, 0.15) is 0 Å². The summed E-state index contributed by atoms with van der Waals surface area (Å²) in [6.07, 6.45) is 2.16. The molecule has 3 heterocycles. The van der Waals surface area contributed by atoms with Crippen molar-refractivity contribution in [3.05, 3.63) is 52.8 Å². The molecule has 0 saturated carbocycles. The first kappa shape index (κ1) is 20.7. The van der Waals surface area contributed by atoms with Crippen LogP contribution >= 0.6 is 0 Å². The molecule has 0 unspecified atom stereocenters. The number of amides is 1. The van der Waals surface area contributed by atoms with Crippen molar-refractivity contribution in [3.63, 3.8) is 0 Å². The first-order chi connectivity index (χ1) is 14.5. The number of ketones is 1. The Morgan fingerprint density at radius 3 is 2.33 bits per heavy atom. The Balaban J connectivity index is 1.41. The van der Waals surface area contributed by atoms with Crippen LogP contribution in [0.25, 0.3) is 0 Å². The molecule has 1 atom stereocenters. The lowest BCUT2D eigenvalue weighted by molar-refractivity contribution is 0.0562. The number of rotatable bonds is 4. The van der Waals surface area contributed by atoms with Crippen LogP contribution in [-0.4, -0.2) is 71.8 Å². The van der Waals surface area contributed by atoms with Gasteiger partial charge in [-0.2, -0.15) is 0 Å². The Hall–Kier alpha value is -2.60. The van der Waals surface area contributed by atoms with Crippen molar-refractivity contribution in [1.82, 2.24) is 14.8 Å². The minimum atomic E-state index is -0.0255. The number of nitrogens with zero attached hydrogens (tertiary/aromatic N) is 3. The van der Waals surface area contributed by atoms with Gasteiger partial charge in [-0.1, -0.05) is 18.2 Å². The Morgan fingerprint density at radius 1 is 1.00 bits per heavy atom. The van der Waals surface area contributed by atoms with Crippen molar-refractivity contribution in [2.45, 2.75) is 39.7 Å². The average molecular weight is 409 g/mol. The monoisotopic (exact) mass is 408 g/mol. The van der Waals surface area contributed by atoms with Crippen LogP contribution in [0.4, 0.5) is 5.69 Å². The second-order valence-electron chi connectivity index (χ2n) is 8.59. The van der Waals surface area contributed by atoms with Crippen molar-refractivity contribution in [1.29, 1.82) is 0 Å². The van der Waals surface area contributed by atoms with E-state index in [4.69, 9.17) is 0 Å². The van der Waals surface area contributed by atoms with Gasteiger partial charge in [0, 0.05) is 63.6 Å². The normalized spacial score (nSPS) is 20.4. The first-order valence-electron chi connectivity index (χ1n) is 11.0. The van der Waals surface area contributed by atoms with Crippen molar-refractivity contribution < 1.29 is 9.59 Å². The van der Waals surface area contributed by atoms with Gasteiger partial charge < -0.3 is 14.8 Å². The first-order valence-corrected chi connectivity index (χ1v) is 11.0. The second-order valence-corrected chi connectivity index (χ2v) is 8.59. The standard InChI is InChI=1S/C24H32N4O2/c1-17-22(18(2)25-23(17)19(3)29)24(30)28-11-7-10-21(16-28)27-14-12-26(13-15-27)20-8-5-4-6-9-20/h4-6,8-9,21,25H,7,10-16H2,1-3H3/t21-/m1/s1. The zero-order valence-corrected chi connectivity index (χ0v) is 18.3. The summed E-state index contributed by atoms with van der Waals surface area (Å²) in [5, 5.41) is 0.